The highest BCUT2D eigenvalue weighted by molar-refractivity contribution is 5.77. The second-order valence-electron chi connectivity index (χ2n) is 4.65. The molecule has 0 atom stereocenters. The summed E-state index contributed by atoms with van der Waals surface area (Å²) in [6, 6.07) is 10.1. The first-order chi connectivity index (χ1) is 10.3. The molecule has 1 N–H and O–H groups in total. The lowest BCUT2D eigenvalue weighted by Gasteiger charge is -2.09. The van der Waals surface area contributed by atoms with Crippen LogP contribution in [0.5, 0.6) is 0 Å². The fourth-order valence-corrected chi connectivity index (χ4v) is 2.06. The van der Waals surface area contributed by atoms with Crippen LogP contribution < -0.4 is 5.32 Å². The van der Waals surface area contributed by atoms with Gasteiger partial charge in [0.2, 0.25) is 5.91 Å². The van der Waals surface area contributed by atoms with Gasteiger partial charge >= 0.3 is 0 Å². The van der Waals surface area contributed by atoms with Crippen molar-refractivity contribution < 1.29 is 9.53 Å². The van der Waals surface area contributed by atoms with Crippen LogP contribution in [0.3, 0.4) is 0 Å². The van der Waals surface area contributed by atoms with Crippen LogP contribution in [0.2, 0.25) is 0 Å². The van der Waals surface area contributed by atoms with Crippen LogP contribution in [0.15, 0.2) is 42.7 Å². The Morgan fingerprint density at radius 2 is 2.14 bits per heavy atom. The Morgan fingerprint density at radius 1 is 1.33 bits per heavy atom. The van der Waals surface area contributed by atoms with Gasteiger partial charge in [0.1, 0.15) is 12.4 Å². The van der Waals surface area contributed by atoms with Gasteiger partial charge in [-0.1, -0.05) is 30.3 Å². The van der Waals surface area contributed by atoms with E-state index in [2.05, 4.69) is 14.9 Å². The van der Waals surface area contributed by atoms with E-state index in [-0.39, 0.29) is 12.5 Å². The average Bonchev–Trinajstić information content (AvgIpc) is 2.99. The van der Waals surface area contributed by atoms with E-state index in [1.807, 2.05) is 43.5 Å². The first-order valence-electron chi connectivity index (χ1n) is 7.22. The second kappa shape index (κ2) is 8.21. The SMILES string of the molecule is CCOCC(=O)NCCCn1ccnc1-c1ccccc1. The molecular formula is C16H21N3O2. The number of carbonyl (C=O) groups excluding carboxylic acids is 1. The molecule has 5 heteroatoms. The van der Waals surface area contributed by atoms with E-state index >= 15 is 0 Å². The van der Waals surface area contributed by atoms with Crippen molar-refractivity contribution in [2.75, 3.05) is 19.8 Å². The summed E-state index contributed by atoms with van der Waals surface area (Å²) in [4.78, 5) is 15.8. The van der Waals surface area contributed by atoms with E-state index in [4.69, 9.17) is 4.74 Å². The van der Waals surface area contributed by atoms with Crippen LogP contribution in [0.4, 0.5) is 0 Å². The van der Waals surface area contributed by atoms with Crippen molar-refractivity contribution in [2.45, 2.75) is 19.9 Å². The minimum atomic E-state index is -0.0641. The van der Waals surface area contributed by atoms with E-state index in [0.29, 0.717) is 13.2 Å². The quantitative estimate of drug-likeness (QED) is 0.756. The summed E-state index contributed by atoms with van der Waals surface area (Å²) in [5, 5.41) is 2.84. The molecule has 0 saturated heterocycles. The molecule has 21 heavy (non-hydrogen) atoms. The van der Waals surface area contributed by atoms with Crippen molar-refractivity contribution in [3.8, 4) is 11.4 Å². The number of aryl methyl sites for hydroxylation is 1. The molecule has 5 nitrogen and oxygen atoms in total. The highest BCUT2D eigenvalue weighted by Crippen LogP contribution is 2.16. The minimum Gasteiger partial charge on any atom is -0.372 e. The van der Waals surface area contributed by atoms with Crippen LogP contribution in [-0.2, 0) is 16.1 Å². The molecule has 0 aliphatic carbocycles. The lowest BCUT2D eigenvalue weighted by molar-refractivity contribution is -0.125. The Kier molecular flexibility index (Phi) is 5.97. The summed E-state index contributed by atoms with van der Waals surface area (Å²) < 4.78 is 7.15. The average molecular weight is 287 g/mol. The molecule has 0 aliphatic heterocycles. The zero-order chi connectivity index (χ0) is 14.9. The Hall–Kier alpha value is -2.14. The zero-order valence-electron chi connectivity index (χ0n) is 12.3. The molecule has 2 rings (SSSR count). The number of carbonyl (C=O) groups is 1. The maximum Gasteiger partial charge on any atom is 0.245 e. The van der Waals surface area contributed by atoms with Crippen molar-refractivity contribution >= 4 is 5.91 Å². The molecule has 112 valence electrons. The number of hydrogen-bond donors (Lipinski definition) is 1. The van der Waals surface area contributed by atoms with Gasteiger partial charge in [-0.05, 0) is 13.3 Å². The van der Waals surface area contributed by atoms with E-state index < -0.39 is 0 Å². The molecule has 0 aliphatic rings. The van der Waals surface area contributed by atoms with E-state index in [9.17, 15) is 4.79 Å². The number of benzene rings is 1. The molecular weight excluding hydrogens is 266 g/mol. The molecule has 1 aromatic carbocycles. The number of ether oxygens (including phenoxy) is 1. The number of rotatable bonds is 8. The Morgan fingerprint density at radius 3 is 2.90 bits per heavy atom. The molecule has 0 bridgehead atoms. The van der Waals surface area contributed by atoms with E-state index in [1.165, 1.54) is 0 Å². The third kappa shape index (κ3) is 4.72. The third-order valence-corrected chi connectivity index (χ3v) is 3.08. The first kappa shape index (κ1) is 15.3. The van der Waals surface area contributed by atoms with Gasteiger partial charge in [0, 0.05) is 37.7 Å². The van der Waals surface area contributed by atoms with Crippen LogP contribution in [0.25, 0.3) is 11.4 Å². The van der Waals surface area contributed by atoms with Gasteiger partial charge in [-0.25, -0.2) is 4.98 Å². The summed E-state index contributed by atoms with van der Waals surface area (Å²) in [6.07, 6.45) is 4.62. The van der Waals surface area contributed by atoms with Gasteiger partial charge in [0.05, 0.1) is 0 Å². The number of imidazole rings is 1. The van der Waals surface area contributed by atoms with E-state index in [0.717, 1.165) is 24.4 Å². The van der Waals surface area contributed by atoms with Gasteiger partial charge in [-0.15, -0.1) is 0 Å². The lowest BCUT2D eigenvalue weighted by atomic mass is 10.2. The summed E-state index contributed by atoms with van der Waals surface area (Å²) in [5.74, 6) is 0.891. The molecule has 0 fully saturated rings. The number of amides is 1. The molecule has 1 heterocycles. The summed E-state index contributed by atoms with van der Waals surface area (Å²) in [5.41, 5.74) is 1.10. The Labute approximate surface area is 125 Å². The summed E-state index contributed by atoms with van der Waals surface area (Å²) in [7, 11) is 0. The standard InChI is InChI=1S/C16H21N3O2/c1-2-21-13-15(20)17-9-6-11-19-12-10-18-16(19)14-7-4-3-5-8-14/h3-5,7-8,10,12H,2,6,9,11,13H2,1H3,(H,17,20). The molecule has 0 radical (unpaired) electrons. The highest BCUT2D eigenvalue weighted by Gasteiger charge is 2.05. The van der Waals surface area contributed by atoms with Crippen molar-refractivity contribution in [1.29, 1.82) is 0 Å². The predicted molar refractivity (Wildman–Crippen MR) is 81.8 cm³/mol. The molecule has 1 amide bonds. The maximum absolute atomic E-state index is 11.4. The third-order valence-electron chi connectivity index (χ3n) is 3.08. The number of nitrogens with zero attached hydrogens (tertiary/aromatic N) is 2. The van der Waals surface area contributed by atoms with Gasteiger partial charge in [0.15, 0.2) is 0 Å². The maximum atomic E-state index is 11.4. The number of nitrogens with one attached hydrogen (secondary N) is 1. The van der Waals surface area contributed by atoms with Crippen LogP contribution in [-0.4, -0.2) is 35.2 Å². The molecule has 0 saturated carbocycles. The Balaban J connectivity index is 1.80. The van der Waals surface area contributed by atoms with Crippen LogP contribution in [0.1, 0.15) is 13.3 Å². The Bertz CT molecular complexity index is 552. The number of hydrogen-bond acceptors (Lipinski definition) is 3. The largest absolute Gasteiger partial charge is 0.372 e. The zero-order valence-corrected chi connectivity index (χ0v) is 12.3. The minimum absolute atomic E-state index is 0.0641. The highest BCUT2D eigenvalue weighted by atomic mass is 16.5. The van der Waals surface area contributed by atoms with Crippen LogP contribution >= 0.6 is 0 Å². The second-order valence-corrected chi connectivity index (χ2v) is 4.65. The lowest BCUT2D eigenvalue weighted by Crippen LogP contribution is -2.29. The molecule has 0 unspecified atom stereocenters. The van der Waals surface area contributed by atoms with Crippen molar-refractivity contribution in [3.63, 3.8) is 0 Å². The van der Waals surface area contributed by atoms with Gasteiger partial charge < -0.3 is 14.6 Å². The smallest absolute Gasteiger partial charge is 0.245 e. The number of aromatic nitrogens is 2. The monoisotopic (exact) mass is 287 g/mol. The molecule has 0 spiro atoms. The topological polar surface area (TPSA) is 56.1 Å². The van der Waals surface area contributed by atoms with Crippen molar-refractivity contribution in [3.05, 3.63) is 42.7 Å². The van der Waals surface area contributed by atoms with Crippen LogP contribution in [0, 0.1) is 0 Å². The van der Waals surface area contributed by atoms with Crippen molar-refractivity contribution in [2.24, 2.45) is 0 Å². The van der Waals surface area contributed by atoms with Gasteiger partial charge in [0.25, 0.3) is 0 Å². The van der Waals surface area contributed by atoms with Gasteiger partial charge in [-0.2, -0.15) is 0 Å². The fraction of sp³-hybridized carbons (Fsp3) is 0.375. The fourth-order valence-electron chi connectivity index (χ4n) is 2.06. The van der Waals surface area contributed by atoms with E-state index in [1.54, 1.807) is 6.20 Å². The van der Waals surface area contributed by atoms with Crippen molar-refractivity contribution in [1.82, 2.24) is 14.9 Å². The normalized spacial score (nSPS) is 10.5. The van der Waals surface area contributed by atoms with Gasteiger partial charge in [-0.3, -0.25) is 4.79 Å². The first-order valence-corrected chi connectivity index (χ1v) is 7.22. The summed E-state index contributed by atoms with van der Waals surface area (Å²) >= 11 is 0. The predicted octanol–water partition coefficient (Wildman–Crippen LogP) is 2.09. The molecule has 1 aromatic heterocycles. The molecule has 2 aromatic rings. The summed E-state index contributed by atoms with van der Waals surface area (Å²) in [6.45, 7) is 4.02.